The van der Waals surface area contributed by atoms with Crippen molar-refractivity contribution in [3.8, 4) is 0 Å². The summed E-state index contributed by atoms with van der Waals surface area (Å²) in [6, 6.07) is 5.19. The average molecular weight is 418 g/mol. The molecule has 0 saturated heterocycles. The Kier molecular flexibility index (Phi) is 7.25. The van der Waals surface area contributed by atoms with Crippen LogP contribution in [0.15, 0.2) is 41.0 Å². The van der Waals surface area contributed by atoms with Crippen molar-refractivity contribution >= 4 is 33.4 Å². The minimum absolute atomic E-state index is 0.119. The van der Waals surface area contributed by atoms with Gasteiger partial charge >= 0.3 is 0 Å². The molecule has 0 aliphatic heterocycles. The molecule has 10 heteroatoms. The highest BCUT2D eigenvalue weighted by Gasteiger charge is 2.29. The zero-order chi connectivity index (χ0) is 20.0. The fourth-order valence-electron chi connectivity index (χ4n) is 2.39. The molecule has 0 bridgehead atoms. The van der Waals surface area contributed by atoms with Crippen molar-refractivity contribution in [3.63, 3.8) is 0 Å². The predicted octanol–water partition coefficient (Wildman–Crippen LogP) is 2.76. The van der Waals surface area contributed by atoms with E-state index in [0.717, 1.165) is 34.5 Å². The predicted molar refractivity (Wildman–Crippen MR) is 101 cm³/mol. The Labute approximate surface area is 161 Å². The van der Waals surface area contributed by atoms with Crippen LogP contribution in [0.1, 0.15) is 12.7 Å². The normalized spacial score (nSPS) is 12.6. The molecule has 1 aromatic heterocycles. The van der Waals surface area contributed by atoms with Gasteiger partial charge in [0.15, 0.2) is 11.6 Å². The highest BCUT2D eigenvalue weighted by molar-refractivity contribution is 7.98. The van der Waals surface area contributed by atoms with Crippen LogP contribution in [-0.4, -0.2) is 38.9 Å². The molecule has 2 aromatic rings. The summed E-state index contributed by atoms with van der Waals surface area (Å²) in [7, 11) is -3.89. The van der Waals surface area contributed by atoms with Crippen LogP contribution in [0.4, 0.5) is 14.5 Å². The fourth-order valence-corrected chi connectivity index (χ4v) is 4.32. The highest BCUT2D eigenvalue weighted by atomic mass is 32.2. The Hall–Kier alpha value is -2.07. The Morgan fingerprint density at radius 2 is 2.04 bits per heavy atom. The summed E-state index contributed by atoms with van der Waals surface area (Å²) in [5.41, 5.74) is -0.119. The van der Waals surface area contributed by atoms with Crippen molar-refractivity contribution < 1.29 is 26.4 Å². The summed E-state index contributed by atoms with van der Waals surface area (Å²) in [5, 5.41) is 2.65. The van der Waals surface area contributed by atoms with Crippen LogP contribution >= 0.6 is 11.8 Å². The van der Waals surface area contributed by atoms with Crippen molar-refractivity contribution in [1.82, 2.24) is 5.32 Å². The van der Waals surface area contributed by atoms with Crippen molar-refractivity contribution in [2.45, 2.75) is 18.7 Å². The number of anilines is 1. The van der Waals surface area contributed by atoms with Gasteiger partial charge < -0.3 is 9.73 Å². The Balaban J connectivity index is 1.96. The number of rotatable bonds is 9. The van der Waals surface area contributed by atoms with E-state index in [2.05, 4.69) is 5.32 Å². The van der Waals surface area contributed by atoms with Gasteiger partial charge in [-0.2, -0.15) is 11.8 Å². The standard InChI is InChI=1S/C17H20F2N2O4S2/c1-12(17(22)20-7-9-26-11-14-4-3-8-25-14)21(27(2,23)24)13-5-6-15(18)16(19)10-13/h3-6,8,10,12H,7,9,11H2,1-2H3,(H,20,22)/t12-/m1/s1. The zero-order valence-electron chi connectivity index (χ0n) is 14.8. The maximum Gasteiger partial charge on any atom is 0.243 e. The number of amides is 1. The van der Waals surface area contributed by atoms with E-state index in [1.54, 1.807) is 24.1 Å². The number of nitrogens with zero attached hydrogens (tertiary/aromatic N) is 1. The molecule has 0 unspecified atom stereocenters. The SMILES string of the molecule is C[C@H](C(=O)NCCSCc1ccco1)N(c1ccc(F)c(F)c1)S(C)(=O)=O. The second-order valence-electron chi connectivity index (χ2n) is 5.76. The number of carbonyl (C=O) groups excluding carboxylic acids is 1. The van der Waals surface area contributed by atoms with E-state index >= 15 is 0 Å². The summed E-state index contributed by atoms with van der Waals surface area (Å²) in [4.78, 5) is 12.3. The molecule has 1 N–H and O–H groups in total. The highest BCUT2D eigenvalue weighted by Crippen LogP contribution is 2.23. The first-order valence-electron chi connectivity index (χ1n) is 8.02. The average Bonchev–Trinajstić information content (AvgIpc) is 3.10. The van der Waals surface area contributed by atoms with Crippen LogP contribution in [0.5, 0.6) is 0 Å². The lowest BCUT2D eigenvalue weighted by molar-refractivity contribution is -0.121. The third-order valence-electron chi connectivity index (χ3n) is 3.62. The Morgan fingerprint density at radius 3 is 2.63 bits per heavy atom. The summed E-state index contributed by atoms with van der Waals surface area (Å²) in [5.74, 6) is -0.752. The van der Waals surface area contributed by atoms with Crippen LogP contribution in [0.25, 0.3) is 0 Å². The van der Waals surface area contributed by atoms with E-state index in [9.17, 15) is 22.0 Å². The van der Waals surface area contributed by atoms with Gasteiger partial charge in [-0.1, -0.05) is 0 Å². The van der Waals surface area contributed by atoms with Crippen molar-refractivity contribution in [3.05, 3.63) is 54.0 Å². The summed E-state index contributed by atoms with van der Waals surface area (Å²) < 4.78 is 56.8. The molecule has 6 nitrogen and oxygen atoms in total. The van der Waals surface area contributed by atoms with Gasteiger partial charge in [-0.25, -0.2) is 17.2 Å². The molecule has 0 saturated carbocycles. The van der Waals surface area contributed by atoms with Crippen LogP contribution in [0.2, 0.25) is 0 Å². The lowest BCUT2D eigenvalue weighted by atomic mass is 10.2. The molecule has 1 heterocycles. The van der Waals surface area contributed by atoms with Gasteiger partial charge in [0.05, 0.1) is 24.0 Å². The number of thioether (sulfide) groups is 1. The van der Waals surface area contributed by atoms with Gasteiger partial charge in [0, 0.05) is 18.4 Å². The van der Waals surface area contributed by atoms with E-state index in [4.69, 9.17) is 4.42 Å². The lowest BCUT2D eigenvalue weighted by Crippen LogP contribution is -2.48. The monoisotopic (exact) mass is 418 g/mol. The van der Waals surface area contributed by atoms with Crippen molar-refractivity contribution in [1.29, 1.82) is 0 Å². The Bertz CT molecular complexity index is 873. The minimum Gasteiger partial charge on any atom is -0.468 e. The molecule has 1 aromatic carbocycles. The van der Waals surface area contributed by atoms with Crippen molar-refractivity contribution in [2.24, 2.45) is 0 Å². The summed E-state index contributed by atoms with van der Waals surface area (Å²) in [6.45, 7) is 1.71. The third-order valence-corrected chi connectivity index (χ3v) is 5.84. The molecular weight excluding hydrogens is 398 g/mol. The maximum absolute atomic E-state index is 13.5. The molecule has 0 radical (unpaired) electrons. The van der Waals surface area contributed by atoms with Gasteiger partial charge in [0.25, 0.3) is 0 Å². The van der Waals surface area contributed by atoms with Gasteiger partial charge in [0.2, 0.25) is 15.9 Å². The number of furan rings is 1. The maximum atomic E-state index is 13.5. The van der Waals surface area contributed by atoms with Crippen LogP contribution in [0, 0.1) is 11.6 Å². The molecular formula is C17H20F2N2O4S2. The van der Waals surface area contributed by atoms with Gasteiger partial charge in [-0.15, -0.1) is 0 Å². The van der Waals surface area contributed by atoms with E-state index < -0.39 is 33.6 Å². The molecule has 1 amide bonds. The van der Waals surface area contributed by atoms with Crippen LogP contribution < -0.4 is 9.62 Å². The quantitative estimate of drug-likeness (QED) is 0.634. The smallest absolute Gasteiger partial charge is 0.243 e. The summed E-state index contributed by atoms with van der Waals surface area (Å²) >= 11 is 1.55. The second kappa shape index (κ2) is 9.23. The number of halogens is 2. The van der Waals surface area contributed by atoms with E-state index in [0.29, 0.717) is 18.1 Å². The number of hydrogen-bond donors (Lipinski definition) is 1. The fraction of sp³-hybridized carbons (Fsp3) is 0.353. The number of sulfonamides is 1. The molecule has 0 fully saturated rings. The Morgan fingerprint density at radius 1 is 1.30 bits per heavy atom. The molecule has 27 heavy (non-hydrogen) atoms. The van der Waals surface area contributed by atoms with E-state index in [1.807, 2.05) is 6.07 Å². The van der Waals surface area contributed by atoms with E-state index in [-0.39, 0.29) is 5.69 Å². The molecule has 1 atom stereocenters. The van der Waals surface area contributed by atoms with Crippen LogP contribution in [-0.2, 0) is 20.6 Å². The number of benzene rings is 1. The second-order valence-corrected chi connectivity index (χ2v) is 8.72. The lowest BCUT2D eigenvalue weighted by Gasteiger charge is -2.28. The van der Waals surface area contributed by atoms with Crippen molar-refractivity contribution in [2.75, 3.05) is 22.9 Å². The summed E-state index contributed by atoms with van der Waals surface area (Å²) in [6.07, 6.45) is 2.48. The number of carbonyl (C=O) groups is 1. The van der Waals surface area contributed by atoms with E-state index in [1.165, 1.54) is 6.92 Å². The number of hydrogen-bond acceptors (Lipinski definition) is 5. The zero-order valence-corrected chi connectivity index (χ0v) is 16.4. The van der Waals surface area contributed by atoms with Crippen LogP contribution in [0.3, 0.4) is 0 Å². The first kappa shape index (κ1) is 21.2. The molecule has 0 spiro atoms. The molecule has 0 aliphatic rings. The van der Waals surface area contributed by atoms with Gasteiger partial charge in [0.1, 0.15) is 11.8 Å². The first-order chi connectivity index (χ1) is 12.7. The topological polar surface area (TPSA) is 79.6 Å². The largest absolute Gasteiger partial charge is 0.468 e. The van der Waals surface area contributed by atoms with Gasteiger partial charge in [-0.05, 0) is 31.2 Å². The minimum atomic E-state index is -3.89. The van der Waals surface area contributed by atoms with Gasteiger partial charge in [-0.3, -0.25) is 9.10 Å². The third kappa shape index (κ3) is 5.96. The first-order valence-corrected chi connectivity index (χ1v) is 11.0. The molecule has 2 rings (SSSR count). The molecule has 0 aliphatic carbocycles. The molecule has 148 valence electrons. The number of nitrogens with one attached hydrogen (secondary N) is 1.